The molecule has 11 heavy (non-hydrogen) atoms. The van der Waals surface area contributed by atoms with E-state index in [0.29, 0.717) is 6.42 Å². The molecule has 2 nitrogen and oxygen atoms in total. The number of ether oxygens (including phenoxy) is 1. The number of rotatable bonds is 2. The van der Waals surface area contributed by atoms with Crippen molar-refractivity contribution in [2.45, 2.75) is 12.8 Å². The monoisotopic (exact) mass is 151 g/mol. The molecule has 1 rings (SSSR count). The Morgan fingerprint density at radius 2 is 2.55 bits per heavy atom. The Balaban J connectivity index is 2.42. The predicted octanol–water partition coefficient (Wildman–Crippen LogP) is 1.64. The fourth-order valence-corrected chi connectivity index (χ4v) is 0.928. The van der Waals surface area contributed by atoms with E-state index >= 15 is 0 Å². The average Bonchev–Trinajstić information content (AvgIpc) is 2.06. The topological polar surface area (TPSA) is 26.3 Å². The lowest BCUT2D eigenvalue weighted by atomic mass is 10.0. The van der Waals surface area contributed by atoms with Gasteiger partial charge in [-0.05, 0) is 18.4 Å². The minimum atomic E-state index is -0.178. The lowest BCUT2D eigenvalue weighted by molar-refractivity contribution is -0.139. The highest BCUT2D eigenvalue weighted by Gasteiger charge is 2.04. The van der Waals surface area contributed by atoms with Gasteiger partial charge in [-0.2, -0.15) is 0 Å². The molecule has 0 aromatic heterocycles. The van der Waals surface area contributed by atoms with E-state index in [9.17, 15) is 4.79 Å². The number of methoxy groups -OCH3 is 1. The van der Waals surface area contributed by atoms with Gasteiger partial charge in [-0.1, -0.05) is 18.2 Å². The Morgan fingerprint density at radius 1 is 1.73 bits per heavy atom. The van der Waals surface area contributed by atoms with Crippen LogP contribution in [-0.4, -0.2) is 13.1 Å². The van der Waals surface area contributed by atoms with Crippen molar-refractivity contribution < 1.29 is 9.53 Å². The standard InChI is InChI=1S/C9H11O2/c1-11-9(10)7-8-5-3-2-4-6-8/h2-3,5-6H,4,7H2,1H3. The van der Waals surface area contributed by atoms with Crippen molar-refractivity contribution in [3.8, 4) is 0 Å². The van der Waals surface area contributed by atoms with Gasteiger partial charge in [-0.25, -0.2) is 0 Å². The minimum absolute atomic E-state index is 0.178. The van der Waals surface area contributed by atoms with Gasteiger partial charge in [0.05, 0.1) is 13.5 Å². The first-order chi connectivity index (χ1) is 5.33. The quantitative estimate of drug-likeness (QED) is 0.561. The van der Waals surface area contributed by atoms with E-state index in [1.165, 1.54) is 7.11 Å². The molecule has 0 saturated heterocycles. The van der Waals surface area contributed by atoms with Crippen molar-refractivity contribution in [3.63, 3.8) is 0 Å². The fraction of sp³-hybridized carbons (Fsp3) is 0.333. The molecule has 0 amide bonds. The Bertz CT molecular complexity index is 202. The molecule has 1 aliphatic carbocycles. The van der Waals surface area contributed by atoms with Gasteiger partial charge >= 0.3 is 5.97 Å². The van der Waals surface area contributed by atoms with Crippen LogP contribution in [0.1, 0.15) is 12.8 Å². The Morgan fingerprint density at radius 3 is 3.09 bits per heavy atom. The summed E-state index contributed by atoms with van der Waals surface area (Å²) in [5.41, 5.74) is 1.04. The van der Waals surface area contributed by atoms with Gasteiger partial charge in [-0.3, -0.25) is 4.79 Å². The number of carbonyl (C=O) groups is 1. The van der Waals surface area contributed by atoms with Crippen molar-refractivity contribution in [2.24, 2.45) is 0 Å². The van der Waals surface area contributed by atoms with Crippen LogP contribution in [0.25, 0.3) is 0 Å². The second kappa shape index (κ2) is 3.96. The maximum absolute atomic E-state index is 10.8. The molecule has 0 aliphatic heterocycles. The third-order valence-corrected chi connectivity index (χ3v) is 1.54. The van der Waals surface area contributed by atoms with Crippen LogP contribution in [-0.2, 0) is 9.53 Å². The van der Waals surface area contributed by atoms with E-state index in [4.69, 9.17) is 0 Å². The zero-order valence-corrected chi connectivity index (χ0v) is 6.54. The maximum Gasteiger partial charge on any atom is 0.309 e. The van der Waals surface area contributed by atoms with E-state index < -0.39 is 0 Å². The van der Waals surface area contributed by atoms with Crippen LogP contribution in [0.4, 0.5) is 0 Å². The number of esters is 1. The molecule has 0 spiro atoms. The van der Waals surface area contributed by atoms with Crippen LogP contribution in [0.2, 0.25) is 0 Å². The third kappa shape index (κ3) is 2.58. The third-order valence-electron chi connectivity index (χ3n) is 1.54. The molecule has 59 valence electrons. The number of hydrogen-bond acceptors (Lipinski definition) is 2. The molecule has 0 aromatic rings. The first-order valence-electron chi connectivity index (χ1n) is 3.58. The summed E-state index contributed by atoms with van der Waals surface area (Å²) in [6.45, 7) is 0. The van der Waals surface area contributed by atoms with Crippen LogP contribution in [0, 0.1) is 6.42 Å². The maximum atomic E-state index is 10.8. The summed E-state index contributed by atoms with van der Waals surface area (Å²) in [6.07, 6.45) is 9.26. The van der Waals surface area contributed by atoms with Gasteiger partial charge in [0.2, 0.25) is 0 Å². The molecule has 0 unspecified atom stereocenters. The summed E-state index contributed by atoms with van der Waals surface area (Å²) in [6, 6.07) is 0. The Kier molecular flexibility index (Phi) is 2.90. The lowest BCUT2D eigenvalue weighted by Gasteiger charge is -2.04. The zero-order valence-electron chi connectivity index (χ0n) is 6.54. The predicted molar refractivity (Wildman–Crippen MR) is 42.8 cm³/mol. The van der Waals surface area contributed by atoms with Crippen LogP contribution >= 0.6 is 0 Å². The van der Waals surface area contributed by atoms with Gasteiger partial charge in [-0.15, -0.1) is 0 Å². The molecule has 0 heterocycles. The van der Waals surface area contributed by atoms with Crippen molar-refractivity contribution in [1.82, 2.24) is 0 Å². The summed E-state index contributed by atoms with van der Waals surface area (Å²) < 4.78 is 4.53. The Labute approximate surface area is 66.5 Å². The second-order valence-corrected chi connectivity index (χ2v) is 2.36. The Hall–Kier alpha value is -1.05. The van der Waals surface area contributed by atoms with Crippen LogP contribution < -0.4 is 0 Å². The normalized spacial score (nSPS) is 15.9. The van der Waals surface area contributed by atoms with Gasteiger partial charge in [0, 0.05) is 0 Å². The number of allylic oxidation sites excluding steroid dienone is 3. The summed E-state index contributed by atoms with van der Waals surface area (Å²) in [5, 5.41) is 0. The summed E-state index contributed by atoms with van der Waals surface area (Å²) in [7, 11) is 1.40. The van der Waals surface area contributed by atoms with Crippen LogP contribution in [0.3, 0.4) is 0 Å². The molecular weight excluding hydrogens is 140 g/mol. The van der Waals surface area contributed by atoms with Gasteiger partial charge in [0.1, 0.15) is 0 Å². The minimum Gasteiger partial charge on any atom is -0.469 e. The van der Waals surface area contributed by atoms with Crippen molar-refractivity contribution in [1.29, 1.82) is 0 Å². The summed E-state index contributed by atoms with van der Waals surface area (Å²) in [4.78, 5) is 10.8. The number of carbonyl (C=O) groups excluding carboxylic acids is 1. The van der Waals surface area contributed by atoms with E-state index in [2.05, 4.69) is 4.74 Å². The highest BCUT2D eigenvalue weighted by molar-refractivity contribution is 5.73. The SMILES string of the molecule is COC(=O)CC1=CC[CH]C=C1. The molecule has 0 atom stereocenters. The molecule has 0 fully saturated rings. The molecule has 0 saturated carbocycles. The highest BCUT2D eigenvalue weighted by atomic mass is 16.5. The van der Waals surface area contributed by atoms with E-state index in [1.807, 2.05) is 24.6 Å². The average molecular weight is 151 g/mol. The van der Waals surface area contributed by atoms with Crippen molar-refractivity contribution in [2.75, 3.05) is 7.11 Å². The van der Waals surface area contributed by atoms with Crippen molar-refractivity contribution in [3.05, 3.63) is 30.2 Å². The molecule has 1 radical (unpaired) electrons. The highest BCUT2D eigenvalue weighted by Crippen LogP contribution is 2.12. The van der Waals surface area contributed by atoms with Crippen LogP contribution in [0.15, 0.2) is 23.8 Å². The fourth-order valence-electron chi connectivity index (χ4n) is 0.928. The first-order valence-corrected chi connectivity index (χ1v) is 3.58. The summed E-state index contributed by atoms with van der Waals surface area (Å²) in [5.74, 6) is -0.178. The van der Waals surface area contributed by atoms with Gasteiger partial charge in [0.25, 0.3) is 0 Å². The van der Waals surface area contributed by atoms with Crippen LogP contribution in [0.5, 0.6) is 0 Å². The largest absolute Gasteiger partial charge is 0.469 e. The van der Waals surface area contributed by atoms with E-state index in [1.54, 1.807) is 0 Å². The molecular formula is C9H11O2. The molecule has 0 aromatic carbocycles. The molecule has 0 N–H and O–H groups in total. The van der Waals surface area contributed by atoms with E-state index in [-0.39, 0.29) is 5.97 Å². The first kappa shape index (κ1) is 8.05. The lowest BCUT2D eigenvalue weighted by Crippen LogP contribution is -2.01. The molecule has 0 bridgehead atoms. The van der Waals surface area contributed by atoms with Crippen molar-refractivity contribution >= 4 is 5.97 Å². The number of hydrogen-bond donors (Lipinski definition) is 0. The molecule has 1 aliphatic rings. The smallest absolute Gasteiger partial charge is 0.309 e. The summed E-state index contributed by atoms with van der Waals surface area (Å²) >= 11 is 0. The molecule has 2 heteroatoms. The van der Waals surface area contributed by atoms with Gasteiger partial charge < -0.3 is 4.74 Å². The van der Waals surface area contributed by atoms with E-state index in [0.717, 1.165) is 12.0 Å². The zero-order chi connectivity index (χ0) is 8.10. The second-order valence-electron chi connectivity index (χ2n) is 2.36. The van der Waals surface area contributed by atoms with Gasteiger partial charge in [0.15, 0.2) is 0 Å².